The number of aliphatic hydroxyl groups is 1. The van der Waals surface area contributed by atoms with E-state index in [1.165, 1.54) is 25.8 Å². The number of aliphatic carboxylic acids is 1. The molecule has 2 aliphatic carbocycles. The van der Waals surface area contributed by atoms with Crippen molar-refractivity contribution in [3.8, 4) is 0 Å². The van der Waals surface area contributed by atoms with Crippen LogP contribution in [0.25, 0.3) is 0 Å². The molecule has 41 heavy (non-hydrogen) atoms. The molecule has 2 fully saturated rings. The number of hydrogen-bond donors (Lipinski definition) is 3. The molecule has 2 saturated carbocycles. The molecule has 0 saturated heterocycles. The van der Waals surface area contributed by atoms with Crippen molar-refractivity contribution in [2.45, 2.75) is 77.2 Å². The molecule has 0 radical (unpaired) electrons. The average molecular weight is 586 g/mol. The Balaban J connectivity index is 1.71. The quantitative estimate of drug-likeness (QED) is 0.341. The van der Waals surface area contributed by atoms with E-state index < -0.39 is 29.4 Å². The van der Waals surface area contributed by atoms with Gasteiger partial charge in [-0.05, 0) is 81.9 Å². The third kappa shape index (κ3) is 6.02. The van der Waals surface area contributed by atoms with Crippen molar-refractivity contribution >= 4 is 40.5 Å². The molecule has 1 aromatic heterocycles. The number of hydrogen-bond acceptors (Lipinski definition) is 7. The Morgan fingerprint density at radius 2 is 1.76 bits per heavy atom. The monoisotopic (exact) mass is 585 g/mol. The lowest BCUT2D eigenvalue weighted by molar-refractivity contribution is -0.147. The number of amides is 3. The summed E-state index contributed by atoms with van der Waals surface area (Å²) in [4.78, 5) is 53.1. The summed E-state index contributed by atoms with van der Waals surface area (Å²) in [6.45, 7) is 6.40. The van der Waals surface area contributed by atoms with Gasteiger partial charge in [-0.2, -0.15) is 0 Å². The second-order valence-corrected chi connectivity index (χ2v) is 12.8. The maximum absolute atomic E-state index is 13.7. The van der Waals surface area contributed by atoms with Gasteiger partial charge < -0.3 is 30.5 Å². The Kier molecular flexibility index (Phi) is 8.91. The highest BCUT2D eigenvalue weighted by Crippen LogP contribution is 2.46. The molecule has 222 valence electrons. The number of nitrogens with zero attached hydrogens (tertiary/aromatic N) is 2. The first-order valence-electron chi connectivity index (χ1n) is 13.8. The summed E-state index contributed by atoms with van der Waals surface area (Å²) in [5, 5.41) is 20.0. The number of nitrogens with two attached hydrogens (primary N) is 1. The predicted molar refractivity (Wildman–Crippen MR) is 155 cm³/mol. The number of anilines is 1. The fraction of sp³-hybridized carbons (Fsp3) is 0.533. The standard InChI is InChI=1S/C30H39N3O7S/c1-16-8-6-7-9-22(16)23(40-21-12-18-10-20(35)11-19(18)13-21)14-33(15-34)28-24(17(2)25(41-28)26(31)36)27(37)32(5)30(3,4)29(38)39/h6-9,15,18-21,23,35H,10-14H2,1-5H3,(H2,31,36)(H,38,39). The summed E-state index contributed by atoms with van der Waals surface area (Å²) in [5.41, 5.74) is 6.30. The number of carboxylic acids is 1. The van der Waals surface area contributed by atoms with Crippen LogP contribution in [-0.4, -0.2) is 70.6 Å². The number of fused-ring (bicyclic) bond motifs is 1. The summed E-state index contributed by atoms with van der Waals surface area (Å²) in [5.74, 6) is -1.77. The number of benzene rings is 1. The molecule has 2 aliphatic rings. The molecular weight excluding hydrogens is 546 g/mol. The van der Waals surface area contributed by atoms with Gasteiger partial charge in [-0.25, -0.2) is 4.79 Å². The van der Waals surface area contributed by atoms with Crippen LogP contribution in [0.1, 0.15) is 82.4 Å². The van der Waals surface area contributed by atoms with Gasteiger partial charge in [0.05, 0.1) is 29.2 Å². The van der Waals surface area contributed by atoms with Crippen molar-refractivity contribution in [3.05, 3.63) is 51.4 Å². The maximum Gasteiger partial charge on any atom is 0.329 e. The van der Waals surface area contributed by atoms with Crippen molar-refractivity contribution in [2.24, 2.45) is 17.6 Å². The van der Waals surface area contributed by atoms with E-state index >= 15 is 0 Å². The van der Waals surface area contributed by atoms with Crippen molar-refractivity contribution in [1.82, 2.24) is 4.90 Å². The zero-order valence-electron chi connectivity index (χ0n) is 24.1. The van der Waals surface area contributed by atoms with Crippen molar-refractivity contribution in [2.75, 3.05) is 18.5 Å². The lowest BCUT2D eigenvalue weighted by Gasteiger charge is -2.33. The van der Waals surface area contributed by atoms with Crippen LogP contribution in [0, 0.1) is 25.7 Å². The molecule has 0 spiro atoms. The van der Waals surface area contributed by atoms with Crippen molar-refractivity contribution in [3.63, 3.8) is 0 Å². The second kappa shape index (κ2) is 11.9. The molecule has 3 amide bonds. The van der Waals surface area contributed by atoms with E-state index in [9.17, 15) is 29.4 Å². The Labute approximate surface area is 244 Å². The van der Waals surface area contributed by atoms with Crippen LogP contribution in [-0.2, 0) is 14.3 Å². The molecule has 2 aromatic rings. The summed E-state index contributed by atoms with van der Waals surface area (Å²) in [7, 11) is 1.37. The van der Waals surface area contributed by atoms with Gasteiger partial charge in [0, 0.05) is 7.05 Å². The minimum atomic E-state index is -1.55. The molecule has 1 heterocycles. The van der Waals surface area contributed by atoms with Crippen LogP contribution >= 0.6 is 11.3 Å². The summed E-state index contributed by atoms with van der Waals surface area (Å²) < 4.78 is 6.68. The van der Waals surface area contributed by atoms with E-state index in [4.69, 9.17) is 10.5 Å². The van der Waals surface area contributed by atoms with E-state index in [1.807, 2.05) is 31.2 Å². The van der Waals surface area contributed by atoms with Gasteiger partial charge in [0.2, 0.25) is 6.41 Å². The first-order chi connectivity index (χ1) is 19.3. The number of thiophene rings is 1. The van der Waals surface area contributed by atoms with Gasteiger partial charge in [-0.1, -0.05) is 24.3 Å². The summed E-state index contributed by atoms with van der Waals surface area (Å²) in [6, 6.07) is 7.75. The van der Waals surface area contributed by atoms with Crippen LogP contribution in [0.4, 0.5) is 5.00 Å². The van der Waals surface area contributed by atoms with Crippen LogP contribution in [0.5, 0.6) is 0 Å². The number of rotatable bonds is 11. The third-order valence-corrected chi connectivity index (χ3v) is 10.2. The molecule has 0 aliphatic heterocycles. The highest BCUT2D eigenvalue weighted by atomic mass is 32.1. The Hall–Kier alpha value is -3.28. The number of likely N-dealkylation sites (N-methyl/N-ethyl adjacent to an activating group) is 1. The Morgan fingerprint density at radius 3 is 2.29 bits per heavy atom. The first kappa shape index (κ1) is 30.7. The van der Waals surface area contributed by atoms with Crippen molar-refractivity contribution < 1.29 is 34.1 Å². The van der Waals surface area contributed by atoms with Crippen LogP contribution in [0.15, 0.2) is 24.3 Å². The second-order valence-electron chi connectivity index (χ2n) is 11.8. The molecule has 11 heteroatoms. The topological polar surface area (TPSA) is 150 Å². The molecule has 4 rings (SSSR count). The van der Waals surface area contributed by atoms with E-state index in [0.717, 1.165) is 53.0 Å². The van der Waals surface area contributed by atoms with Crippen molar-refractivity contribution in [1.29, 1.82) is 0 Å². The van der Waals surface area contributed by atoms with Crippen LogP contribution in [0.3, 0.4) is 0 Å². The number of primary amides is 1. The Morgan fingerprint density at radius 1 is 1.15 bits per heavy atom. The molecular formula is C30H39N3O7S. The van der Waals surface area contributed by atoms with Gasteiger partial charge in [0.15, 0.2) is 0 Å². The van der Waals surface area contributed by atoms with Crippen LogP contribution in [0.2, 0.25) is 0 Å². The first-order valence-corrected chi connectivity index (χ1v) is 14.6. The lowest BCUT2D eigenvalue weighted by Crippen LogP contribution is -2.51. The predicted octanol–water partition coefficient (Wildman–Crippen LogP) is 3.67. The van der Waals surface area contributed by atoms with Crippen LogP contribution < -0.4 is 10.6 Å². The molecule has 3 unspecified atom stereocenters. The number of carbonyl (C=O) groups excluding carboxylic acids is 3. The summed E-state index contributed by atoms with van der Waals surface area (Å²) >= 11 is 0.931. The zero-order chi connectivity index (χ0) is 30.2. The third-order valence-electron chi connectivity index (χ3n) is 8.82. The normalized spacial score (nSPS) is 22.7. The van der Waals surface area contributed by atoms with Gasteiger partial charge in [0.25, 0.3) is 11.8 Å². The molecule has 4 N–H and O–H groups in total. The van der Waals surface area contributed by atoms with E-state index in [1.54, 1.807) is 6.92 Å². The van der Waals surface area contributed by atoms with Gasteiger partial charge in [0.1, 0.15) is 16.6 Å². The number of ether oxygens (including phenoxy) is 1. The number of carbonyl (C=O) groups is 4. The van der Waals surface area contributed by atoms with E-state index in [0.29, 0.717) is 18.2 Å². The fourth-order valence-electron chi connectivity index (χ4n) is 6.14. The average Bonchev–Trinajstić information content (AvgIpc) is 3.56. The minimum Gasteiger partial charge on any atom is -0.480 e. The van der Waals surface area contributed by atoms with E-state index in [2.05, 4.69) is 0 Å². The summed E-state index contributed by atoms with van der Waals surface area (Å²) in [6.07, 6.45) is 2.96. The van der Waals surface area contributed by atoms with E-state index in [-0.39, 0.29) is 39.8 Å². The number of carboxylic acid groups (broad SMARTS) is 1. The van der Waals surface area contributed by atoms with Gasteiger partial charge >= 0.3 is 5.97 Å². The largest absolute Gasteiger partial charge is 0.480 e. The van der Waals surface area contributed by atoms with Gasteiger partial charge in [-0.15, -0.1) is 11.3 Å². The molecule has 10 nitrogen and oxygen atoms in total. The molecule has 3 atom stereocenters. The van der Waals surface area contributed by atoms with Gasteiger partial charge in [-0.3, -0.25) is 14.4 Å². The maximum atomic E-state index is 13.7. The fourth-order valence-corrected chi connectivity index (χ4v) is 7.27. The smallest absolute Gasteiger partial charge is 0.329 e. The molecule has 0 bridgehead atoms. The number of aliphatic hydroxyl groups excluding tert-OH is 1. The minimum absolute atomic E-state index is 0.0505. The Bertz CT molecular complexity index is 1330. The SMILES string of the molecule is Cc1ccccc1C(CN(C=O)c1sc(C(N)=O)c(C)c1C(=O)N(C)C(C)(C)C(=O)O)OC1CC2CC(O)CC2C1. The lowest BCUT2D eigenvalue weighted by atomic mass is 10.0. The highest BCUT2D eigenvalue weighted by Gasteiger charge is 2.43. The number of aryl methyl sites for hydroxylation is 1. The molecule has 1 aromatic carbocycles. The zero-order valence-corrected chi connectivity index (χ0v) is 24.9. The highest BCUT2D eigenvalue weighted by molar-refractivity contribution is 7.18.